The van der Waals surface area contributed by atoms with Crippen molar-refractivity contribution in [1.82, 2.24) is 4.90 Å². The van der Waals surface area contributed by atoms with Crippen LogP contribution < -0.4 is 0 Å². The fourth-order valence-electron chi connectivity index (χ4n) is 0.934. The van der Waals surface area contributed by atoms with Gasteiger partial charge in [-0.05, 0) is 6.26 Å². The minimum Gasteiger partial charge on any atom is -0.336 e. The molecule has 0 radical (unpaired) electrons. The zero-order valence-corrected chi connectivity index (χ0v) is 10.4. The van der Waals surface area contributed by atoms with Crippen molar-refractivity contribution in [2.24, 2.45) is 0 Å². The van der Waals surface area contributed by atoms with Gasteiger partial charge in [-0.15, -0.1) is 0 Å². The summed E-state index contributed by atoms with van der Waals surface area (Å²) in [5, 5.41) is 0.532. The second-order valence-electron chi connectivity index (χ2n) is 2.66. The Hall–Kier alpha value is 0.160. The largest absolute Gasteiger partial charge is 0.336 e. The summed E-state index contributed by atoms with van der Waals surface area (Å²) in [6, 6.07) is 0. The summed E-state index contributed by atoms with van der Waals surface area (Å²) in [5.74, 6) is 0.486. The van der Waals surface area contributed by atoms with Gasteiger partial charge in [0.25, 0.3) is 6.43 Å². The summed E-state index contributed by atoms with van der Waals surface area (Å²) in [4.78, 5) is 12.6. The zero-order valence-electron chi connectivity index (χ0n) is 8.01. The zero-order chi connectivity index (χ0) is 11.0. The highest BCUT2D eigenvalue weighted by molar-refractivity contribution is 9.09. The van der Waals surface area contributed by atoms with Crippen LogP contribution in [-0.2, 0) is 4.79 Å². The number of amides is 1. The van der Waals surface area contributed by atoms with Crippen molar-refractivity contribution in [3.63, 3.8) is 0 Å². The Labute approximate surface area is 95.5 Å². The van der Waals surface area contributed by atoms with Crippen molar-refractivity contribution in [3.8, 4) is 0 Å². The molecule has 0 aromatic carbocycles. The average molecular weight is 290 g/mol. The van der Waals surface area contributed by atoms with E-state index in [-0.39, 0.29) is 5.91 Å². The maximum absolute atomic E-state index is 12.1. The minimum absolute atomic E-state index is 0.195. The second-order valence-corrected chi connectivity index (χ2v) is 4.44. The normalized spacial score (nSPS) is 10.6. The number of hydrogen-bond acceptors (Lipinski definition) is 2. The van der Waals surface area contributed by atoms with Gasteiger partial charge in [0, 0.05) is 24.0 Å². The molecule has 0 atom stereocenters. The van der Waals surface area contributed by atoms with E-state index in [1.54, 1.807) is 0 Å². The highest BCUT2D eigenvalue weighted by Gasteiger charge is 2.16. The molecule has 0 N–H and O–H groups in total. The van der Waals surface area contributed by atoms with Gasteiger partial charge in [0.05, 0.1) is 6.54 Å². The standard InChI is InChI=1S/C8H14BrF2NOS/c1-14-5-2-8(13)12(4-3-9)6-7(10)11/h7H,2-6H2,1H3. The lowest BCUT2D eigenvalue weighted by Crippen LogP contribution is -2.36. The number of carbonyl (C=O) groups excluding carboxylic acids is 1. The number of rotatable bonds is 7. The van der Waals surface area contributed by atoms with Gasteiger partial charge in [-0.3, -0.25) is 4.79 Å². The van der Waals surface area contributed by atoms with Crippen LogP contribution in [-0.4, -0.2) is 47.7 Å². The molecule has 0 aliphatic rings. The van der Waals surface area contributed by atoms with Gasteiger partial charge in [0.1, 0.15) is 0 Å². The van der Waals surface area contributed by atoms with Gasteiger partial charge in [-0.2, -0.15) is 11.8 Å². The monoisotopic (exact) mass is 289 g/mol. The molecule has 0 spiro atoms. The first-order valence-electron chi connectivity index (χ1n) is 4.22. The first kappa shape index (κ1) is 14.2. The Bertz CT molecular complexity index is 171. The molecule has 0 heterocycles. The Balaban J connectivity index is 3.97. The van der Waals surface area contributed by atoms with Crippen LogP contribution in [0.4, 0.5) is 8.78 Å². The van der Waals surface area contributed by atoms with Crippen molar-refractivity contribution in [2.75, 3.05) is 30.4 Å². The summed E-state index contributed by atoms with van der Waals surface area (Å²) >= 11 is 4.67. The molecule has 0 fully saturated rings. The van der Waals surface area contributed by atoms with Crippen molar-refractivity contribution in [3.05, 3.63) is 0 Å². The van der Waals surface area contributed by atoms with Gasteiger partial charge in [0.2, 0.25) is 5.91 Å². The van der Waals surface area contributed by atoms with Crippen LogP contribution in [0.2, 0.25) is 0 Å². The summed E-state index contributed by atoms with van der Waals surface area (Å²) in [6.07, 6.45) is -0.233. The molecule has 2 nitrogen and oxygen atoms in total. The lowest BCUT2D eigenvalue weighted by Gasteiger charge is -2.20. The highest BCUT2D eigenvalue weighted by atomic mass is 79.9. The molecule has 0 aliphatic heterocycles. The van der Waals surface area contributed by atoms with Crippen LogP contribution in [0.25, 0.3) is 0 Å². The number of nitrogens with zero attached hydrogens (tertiary/aromatic N) is 1. The SMILES string of the molecule is CSCCC(=O)N(CCBr)CC(F)F. The maximum atomic E-state index is 12.1. The van der Waals surface area contributed by atoms with Crippen LogP contribution in [0, 0.1) is 0 Å². The molecule has 6 heteroatoms. The smallest absolute Gasteiger partial charge is 0.255 e. The van der Waals surface area contributed by atoms with E-state index < -0.39 is 13.0 Å². The molecule has 0 unspecified atom stereocenters. The quantitative estimate of drug-likeness (QED) is 0.670. The van der Waals surface area contributed by atoms with E-state index in [1.165, 1.54) is 16.7 Å². The van der Waals surface area contributed by atoms with Crippen molar-refractivity contribution in [1.29, 1.82) is 0 Å². The summed E-state index contributed by atoms with van der Waals surface area (Å²) < 4.78 is 24.2. The van der Waals surface area contributed by atoms with Gasteiger partial charge in [0.15, 0.2) is 0 Å². The third-order valence-corrected chi connectivity index (χ3v) is 2.55. The first-order chi connectivity index (χ1) is 6.61. The van der Waals surface area contributed by atoms with Crippen LogP contribution in [0.5, 0.6) is 0 Å². The van der Waals surface area contributed by atoms with E-state index >= 15 is 0 Å². The lowest BCUT2D eigenvalue weighted by atomic mass is 10.4. The van der Waals surface area contributed by atoms with E-state index in [0.29, 0.717) is 24.0 Å². The van der Waals surface area contributed by atoms with E-state index in [2.05, 4.69) is 15.9 Å². The fourth-order valence-corrected chi connectivity index (χ4v) is 1.74. The molecule has 84 valence electrons. The number of halogens is 3. The number of carbonyl (C=O) groups is 1. The molecule has 0 bridgehead atoms. The van der Waals surface area contributed by atoms with Gasteiger partial charge in [-0.1, -0.05) is 15.9 Å². The van der Waals surface area contributed by atoms with Crippen LogP contribution in [0.3, 0.4) is 0 Å². The third kappa shape index (κ3) is 6.59. The molecule has 14 heavy (non-hydrogen) atoms. The van der Waals surface area contributed by atoms with E-state index in [0.717, 1.165) is 0 Å². The number of alkyl halides is 3. The molecule has 0 aromatic heterocycles. The number of thioether (sulfide) groups is 1. The molecule has 0 rings (SSSR count). The molecule has 0 aromatic rings. The molecule has 0 aliphatic carbocycles. The molecule has 0 saturated heterocycles. The van der Waals surface area contributed by atoms with Crippen LogP contribution >= 0.6 is 27.7 Å². The first-order valence-corrected chi connectivity index (χ1v) is 6.74. The van der Waals surface area contributed by atoms with Crippen molar-refractivity contribution in [2.45, 2.75) is 12.8 Å². The molecular formula is C8H14BrF2NOS. The molecule has 0 saturated carbocycles. The lowest BCUT2D eigenvalue weighted by molar-refractivity contribution is -0.132. The van der Waals surface area contributed by atoms with Gasteiger partial charge in [-0.25, -0.2) is 8.78 Å². The Morgan fingerprint density at radius 3 is 2.64 bits per heavy atom. The summed E-state index contributed by atoms with van der Waals surface area (Å²) in [6.45, 7) is -0.115. The third-order valence-electron chi connectivity index (χ3n) is 1.59. The molecule has 1 amide bonds. The summed E-state index contributed by atoms with van der Waals surface area (Å²) in [5.41, 5.74) is 0. The predicted octanol–water partition coefficient (Wildman–Crippen LogP) is 2.23. The summed E-state index contributed by atoms with van der Waals surface area (Å²) in [7, 11) is 0. The Morgan fingerprint density at radius 1 is 1.57 bits per heavy atom. The Morgan fingerprint density at radius 2 is 2.21 bits per heavy atom. The van der Waals surface area contributed by atoms with Gasteiger partial charge < -0.3 is 4.90 Å². The highest BCUT2D eigenvalue weighted by Crippen LogP contribution is 2.04. The van der Waals surface area contributed by atoms with Crippen molar-refractivity contribution >= 4 is 33.6 Å². The average Bonchev–Trinajstić information content (AvgIpc) is 2.13. The van der Waals surface area contributed by atoms with Crippen molar-refractivity contribution < 1.29 is 13.6 Å². The van der Waals surface area contributed by atoms with Crippen LogP contribution in [0.15, 0.2) is 0 Å². The molecular weight excluding hydrogens is 276 g/mol. The van der Waals surface area contributed by atoms with E-state index in [9.17, 15) is 13.6 Å². The van der Waals surface area contributed by atoms with Gasteiger partial charge >= 0.3 is 0 Å². The van der Waals surface area contributed by atoms with E-state index in [1.807, 2.05) is 6.26 Å². The predicted molar refractivity (Wildman–Crippen MR) is 59.4 cm³/mol. The second kappa shape index (κ2) is 8.47. The minimum atomic E-state index is -2.45. The van der Waals surface area contributed by atoms with E-state index in [4.69, 9.17) is 0 Å². The Kier molecular flexibility index (Phi) is 8.56. The maximum Gasteiger partial charge on any atom is 0.255 e. The topological polar surface area (TPSA) is 20.3 Å². The fraction of sp³-hybridized carbons (Fsp3) is 0.875. The van der Waals surface area contributed by atoms with Crippen LogP contribution in [0.1, 0.15) is 6.42 Å². The number of hydrogen-bond donors (Lipinski definition) is 0.